The highest BCUT2D eigenvalue weighted by Crippen LogP contribution is 2.30. The number of H-pyrrole nitrogens is 1. The standard InChI is InChI=1S/C25H27N3OS/c1-4-16(2)18-11-13-19(14-12-18)23(22-10-7-15-30-22)26-17(3)24-27-21-9-6-5-8-20(21)25(29)28-24/h5-17,23,26H,4H2,1-3H3,(H,27,28,29)/t16-,17+,23-/m1/s1. The van der Waals surface area contributed by atoms with E-state index in [0.29, 0.717) is 17.1 Å². The van der Waals surface area contributed by atoms with Gasteiger partial charge in [0.2, 0.25) is 0 Å². The normalized spacial score (nSPS) is 14.5. The van der Waals surface area contributed by atoms with E-state index in [-0.39, 0.29) is 17.6 Å². The van der Waals surface area contributed by atoms with E-state index >= 15 is 0 Å². The maximum absolute atomic E-state index is 12.5. The molecule has 0 aliphatic rings. The van der Waals surface area contributed by atoms with Crippen LogP contribution < -0.4 is 10.9 Å². The molecule has 0 amide bonds. The van der Waals surface area contributed by atoms with Crippen molar-refractivity contribution in [1.29, 1.82) is 0 Å². The number of aromatic amines is 1. The van der Waals surface area contributed by atoms with Crippen molar-refractivity contribution >= 4 is 22.2 Å². The van der Waals surface area contributed by atoms with E-state index in [1.54, 1.807) is 17.4 Å². The van der Waals surface area contributed by atoms with Gasteiger partial charge in [-0.2, -0.15) is 0 Å². The molecule has 0 bridgehead atoms. The number of fused-ring (bicyclic) bond motifs is 1. The van der Waals surface area contributed by atoms with Gasteiger partial charge >= 0.3 is 0 Å². The lowest BCUT2D eigenvalue weighted by Gasteiger charge is -2.23. The number of aromatic nitrogens is 2. The van der Waals surface area contributed by atoms with Gasteiger partial charge in [-0.15, -0.1) is 11.3 Å². The molecule has 0 fully saturated rings. The van der Waals surface area contributed by atoms with Crippen molar-refractivity contribution in [3.8, 4) is 0 Å². The third-order valence-electron chi connectivity index (χ3n) is 5.74. The number of hydrogen-bond donors (Lipinski definition) is 2. The zero-order valence-corrected chi connectivity index (χ0v) is 18.4. The van der Waals surface area contributed by atoms with E-state index in [1.165, 1.54) is 16.0 Å². The zero-order chi connectivity index (χ0) is 21.1. The molecule has 2 aromatic heterocycles. The summed E-state index contributed by atoms with van der Waals surface area (Å²) in [7, 11) is 0. The molecule has 0 saturated carbocycles. The molecule has 2 heterocycles. The van der Waals surface area contributed by atoms with Gasteiger partial charge < -0.3 is 4.98 Å². The lowest BCUT2D eigenvalue weighted by molar-refractivity contribution is 0.500. The van der Waals surface area contributed by atoms with Gasteiger partial charge in [-0.05, 0) is 54.0 Å². The first-order valence-corrected chi connectivity index (χ1v) is 11.3. The Morgan fingerprint density at radius 2 is 1.73 bits per heavy atom. The van der Waals surface area contributed by atoms with Crippen LogP contribution in [0.2, 0.25) is 0 Å². The van der Waals surface area contributed by atoms with E-state index < -0.39 is 0 Å². The molecular weight excluding hydrogens is 390 g/mol. The first kappa shape index (κ1) is 20.5. The van der Waals surface area contributed by atoms with Crippen LogP contribution in [0.3, 0.4) is 0 Å². The summed E-state index contributed by atoms with van der Waals surface area (Å²) in [5.41, 5.74) is 3.18. The number of thiophene rings is 1. The summed E-state index contributed by atoms with van der Waals surface area (Å²) in [6, 6.07) is 20.5. The van der Waals surface area contributed by atoms with Crippen molar-refractivity contribution in [2.75, 3.05) is 0 Å². The van der Waals surface area contributed by atoms with Crippen LogP contribution in [-0.4, -0.2) is 9.97 Å². The van der Waals surface area contributed by atoms with Crippen LogP contribution in [-0.2, 0) is 0 Å². The van der Waals surface area contributed by atoms with Crippen molar-refractivity contribution in [3.63, 3.8) is 0 Å². The van der Waals surface area contributed by atoms with Crippen LogP contribution in [0.5, 0.6) is 0 Å². The Bertz CT molecular complexity index is 1170. The molecule has 0 radical (unpaired) electrons. The van der Waals surface area contributed by atoms with Gasteiger partial charge in [0, 0.05) is 4.88 Å². The van der Waals surface area contributed by atoms with Crippen molar-refractivity contribution in [2.24, 2.45) is 0 Å². The summed E-state index contributed by atoms with van der Waals surface area (Å²) in [5, 5.41) is 6.39. The van der Waals surface area contributed by atoms with Crippen molar-refractivity contribution < 1.29 is 0 Å². The minimum Gasteiger partial charge on any atom is -0.309 e. The van der Waals surface area contributed by atoms with Crippen molar-refractivity contribution in [3.05, 3.63) is 98.2 Å². The molecule has 0 unspecified atom stereocenters. The fourth-order valence-corrected chi connectivity index (χ4v) is 4.50. The largest absolute Gasteiger partial charge is 0.309 e. The molecule has 30 heavy (non-hydrogen) atoms. The molecule has 154 valence electrons. The lowest BCUT2D eigenvalue weighted by Crippen LogP contribution is -2.28. The minimum atomic E-state index is -0.122. The number of para-hydroxylation sites is 1. The minimum absolute atomic E-state index is 0.0303. The Morgan fingerprint density at radius 3 is 2.43 bits per heavy atom. The molecule has 2 N–H and O–H groups in total. The third kappa shape index (κ3) is 4.23. The summed E-state index contributed by atoms with van der Waals surface area (Å²) in [4.78, 5) is 21.4. The highest BCUT2D eigenvalue weighted by Gasteiger charge is 2.20. The maximum atomic E-state index is 12.5. The molecule has 5 heteroatoms. The van der Waals surface area contributed by atoms with E-state index in [9.17, 15) is 4.79 Å². The molecule has 4 rings (SSSR count). The molecule has 4 nitrogen and oxygen atoms in total. The van der Waals surface area contributed by atoms with Gasteiger partial charge in [-0.3, -0.25) is 10.1 Å². The summed E-state index contributed by atoms with van der Waals surface area (Å²) >= 11 is 1.73. The van der Waals surface area contributed by atoms with E-state index in [2.05, 4.69) is 65.9 Å². The quantitative estimate of drug-likeness (QED) is 0.391. The Balaban J connectivity index is 1.65. The van der Waals surface area contributed by atoms with Crippen molar-refractivity contribution in [1.82, 2.24) is 15.3 Å². The summed E-state index contributed by atoms with van der Waals surface area (Å²) < 4.78 is 0. The number of nitrogens with one attached hydrogen (secondary N) is 2. The Hall–Kier alpha value is -2.76. The second kappa shape index (κ2) is 8.94. The average Bonchev–Trinajstić information content (AvgIpc) is 3.31. The zero-order valence-electron chi connectivity index (χ0n) is 17.6. The first-order valence-electron chi connectivity index (χ1n) is 10.4. The molecule has 4 aromatic rings. The number of nitrogens with zero attached hydrogens (tertiary/aromatic N) is 1. The van der Waals surface area contributed by atoms with Crippen LogP contribution in [0.1, 0.15) is 67.0 Å². The van der Waals surface area contributed by atoms with Gasteiger partial charge in [-0.25, -0.2) is 4.98 Å². The van der Waals surface area contributed by atoms with E-state index in [4.69, 9.17) is 4.98 Å². The SMILES string of the molecule is CC[C@@H](C)c1ccc([C@@H](N[C@@H](C)c2nc3ccccc3c(=O)[nH]2)c2cccs2)cc1. The van der Waals surface area contributed by atoms with Gasteiger partial charge in [-0.1, -0.05) is 56.3 Å². The van der Waals surface area contributed by atoms with E-state index in [1.807, 2.05) is 25.1 Å². The third-order valence-corrected chi connectivity index (χ3v) is 6.67. The predicted molar refractivity (Wildman–Crippen MR) is 125 cm³/mol. The van der Waals surface area contributed by atoms with Gasteiger partial charge in [0.15, 0.2) is 0 Å². The van der Waals surface area contributed by atoms with Crippen LogP contribution in [0.4, 0.5) is 0 Å². The Morgan fingerprint density at radius 1 is 1.00 bits per heavy atom. The van der Waals surface area contributed by atoms with E-state index in [0.717, 1.165) is 11.9 Å². The molecule has 3 atom stereocenters. The number of benzene rings is 2. The highest BCUT2D eigenvalue weighted by atomic mass is 32.1. The van der Waals surface area contributed by atoms with Crippen LogP contribution in [0.15, 0.2) is 70.8 Å². The fourth-order valence-electron chi connectivity index (χ4n) is 3.69. The predicted octanol–water partition coefficient (Wildman–Crippen LogP) is 5.94. The number of hydrogen-bond acceptors (Lipinski definition) is 4. The summed E-state index contributed by atoms with van der Waals surface area (Å²) in [6.45, 7) is 6.52. The van der Waals surface area contributed by atoms with Gasteiger partial charge in [0.1, 0.15) is 5.82 Å². The Labute approximate surface area is 181 Å². The monoisotopic (exact) mass is 417 g/mol. The smallest absolute Gasteiger partial charge is 0.258 e. The molecule has 2 aromatic carbocycles. The maximum Gasteiger partial charge on any atom is 0.258 e. The molecule has 0 aliphatic carbocycles. The fraction of sp³-hybridized carbons (Fsp3) is 0.280. The molecule has 0 spiro atoms. The highest BCUT2D eigenvalue weighted by molar-refractivity contribution is 7.10. The molecule has 0 saturated heterocycles. The van der Waals surface area contributed by atoms with Gasteiger partial charge in [0.25, 0.3) is 5.56 Å². The van der Waals surface area contributed by atoms with Crippen molar-refractivity contribution in [2.45, 2.75) is 45.2 Å². The van der Waals surface area contributed by atoms with Crippen LogP contribution >= 0.6 is 11.3 Å². The van der Waals surface area contributed by atoms with Crippen LogP contribution in [0.25, 0.3) is 10.9 Å². The number of rotatable bonds is 7. The summed E-state index contributed by atoms with van der Waals surface area (Å²) in [6.07, 6.45) is 1.13. The Kier molecular flexibility index (Phi) is 6.11. The summed E-state index contributed by atoms with van der Waals surface area (Å²) in [5.74, 6) is 1.20. The van der Waals surface area contributed by atoms with Gasteiger partial charge in [0.05, 0.1) is 23.0 Å². The topological polar surface area (TPSA) is 57.8 Å². The first-order chi connectivity index (χ1) is 14.6. The molecule has 0 aliphatic heterocycles. The van der Waals surface area contributed by atoms with Crippen LogP contribution in [0, 0.1) is 0 Å². The second-order valence-electron chi connectivity index (χ2n) is 7.78. The second-order valence-corrected chi connectivity index (χ2v) is 8.76. The lowest BCUT2D eigenvalue weighted by atomic mass is 9.95. The molecular formula is C25H27N3OS. The average molecular weight is 418 g/mol.